The number of likely N-dealkylation sites (tertiary alicyclic amines) is 1. The Bertz CT molecular complexity index is 748. The van der Waals surface area contributed by atoms with Crippen molar-refractivity contribution in [2.45, 2.75) is 52.7 Å². The van der Waals surface area contributed by atoms with Gasteiger partial charge in [0.1, 0.15) is 17.6 Å². The number of carbonyl (C=O) groups excluding carboxylic acids is 1. The Morgan fingerprint density at radius 3 is 2.67 bits per heavy atom. The smallest absolute Gasteiger partial charge is 0.308 e. The lowest BCUT2D eigenvalue weighted by Crippen LogP contribution is -2.46. The van der Waals surface area contributed by atoms with Crippen LogP contribution in [-0.4, -0.2) is 56.3 Å². The van der Waals surface area contributed by atoms with Crippen LogP contribution in [0.2, 0.25) is 0 Å². The third kappa shape index (κ3) is 5.92. The molecule has 2 aliphatic rings. The highest BCUT2D eigenvalue weighted by atomic mass is 127. The Labute approximate surface area is 196 Å². The molecular weight excluding hydrogens is 497 g/mol. The van der Waals surface area contributed by atoms with E-state index in [0.717, 1.165) is 61.9 Å². The Morgan fingerprint density at radius 1 is 1.30 bits per heavy atom. The fourth-order valence-corrected chi connectivity index (χ4v) is 3.97. The lowest BCUT2D eigenvalue weighted by molar-refractivity contribution is -0.146. The van der Waals surface area contributed by atoms with Gasteiger partial charge in [-0.1, -0.05) is 0 Å². The van der Waals surface area contributed by atoms with Gasteiger partial charge in [-0.3, -0.25) is 4.79 Å². The van der Waals surface area contributed by atoms with E-state index in [1.54, 1.807) is 0 Å². The molecule has 0 amide bonds. The highest BCUT2D eigenvalue weighted by molar-refractivity contribution is 14.0. The van der Waals surface area contributed by atoms with E-state index in [2.05, 4.69) is 36.2 Å². The van der Waals surface area contributed by atoms with Crippen LogP contribution in [0.5, 0.6) is 11.5 Å². The average molecular weight is 531 g/mol. The standard InChI is InChI=1S/C22H33N3O4.HI/c1-5-23-22(25-9-7-16(8-10-25)21(26)27-4)24-14-18-13-20-17(11-15(3)29-20)12-19(18)28-6-2;/h12-13,15-16H,5-11,14H2,1-4H3,(H,23,24);1H. The molecule has 1 aromatic rings. The van der Waals surface area contributed by atoms with Crippen molar-refractivity contribution in [1.29, 1.82) is 0 Å². The van der Waals surface area contributed by atoms with E-state index in [0.29, 0.717) is 13.2 Å². The monoisotopic (exact) mass is 531 g/mol. The minimum atomic E-state index is -0.111. The van der Waals surface area contributed by atoms with Crippen LogP contribution in [0, 0.1) is 5.92 Å². The number of hydrogen-bond acceptors (Lipinski definition) is 5. The van der Waals surface area contributed by atoms with Gasteiger partial charge in [0.25, 0.3) is 0 Å². The molecule has 3 rings (SSSR count). The fourth-order valence-electron chi connectivity index (χ4n) is 3.97. The minimum Gasteiger partial charge on any atom is -0.494 e. The SMILES string of the molecule is CCNC(=NCc1cc2c(cc1OCC)CC(C)O2)N1CCC(C(=O)OC)CC1.I. The molecule has 1 atom stereocenters. The van der Waals surface area contributed by atoms with Crippen molar-refractivity contribution >= 4 is 35.9 Å². The van der Waals surface area contributed by atoms with Crippen LogP contribution in [0.3, 0.4) is 0 Å². The van der Waals surface area contributed by atoms with Gasteiger partial charge in [0.2, 0.25) is 0 Å². The molecule has 1 saturated heterocycles. The first-order valence-corrected chi connectivity index (χ1v) is 10.6. The molecule has 1 fully saturated rings. The van der Waals surface area contributed by atoms with Gasteiger partial charge in [-0.2, -0.15) is 0 Å². The maximum atomic E-state index is 11.8. The Morgan fingerprint density at radius 2 is 2.03 bits per heavy atom. The molecule has 168 valence electrons. The third-order valence-corrected chi connectivity index (χ3v) is 5.44. The minimum absolute atomic E-state index is 0. The van der Waals surface area contributed by atoms with E-state index in [9.17, 15) is 4.79 Å². The van der Waals surface area contributed by atoms with Crippen LogP contribution in [0.1, 0.15) is 44.7 Å². The molecule has 1 N–H and O–H groups in total. The number of rotatable bonds is 6. The number of carbonyl (C=O) groups is 1. The van der Waals surface area contributed by atoms with E-state index >= 15 is 0 Å². The van der Waals surface area contributed by atoms with Gasteiger partial charge >= 0.3 is 5.97 Å². The molecule has 0 radical (unpaired) electrons. The van der Waals surface area contributed by atoms with Gasteiger partial charge in [0.15, 0.2) is 5.96 Å². The zero-order valence-corrected chi connectivity index (χ0v) is 20.7. The molecule has 8 heteroatoms. The molecule has 0 aliphatic carbocycles. The van der Waals surface area contributed by atoms with Crippen LogP contribution in [0.25, 0.3) is 0 Å². The number of benzene rings is 1. The summed E-state index contributed by atoms with van der Waals surface area (Å²) in [5.74, 6) is 2.57. The molecule has 0 aromatic heterocycles. The van der Waals surface area contributed by atoms with Gasteiger partial charge in [-0.15, -0.1) is 24.0 Å². The zero-order chi connectivity index (χ0) is 20.8. The first-order chi connectivity index (χ1) is 14.0. The Hall–Kier alpha value is -1.71. The second kappa shape index (κ2) is 11.6. The van der Waals surface area contributed by atoms with E-state index in [1.807, 2.05) is 6.92 Å². The number of nitrogens with zero attached hydrogens (tertiary/aromatic N) is 2. The number of guanidine groups is 1. The molecular formula is C22H34IN3O4. The summed E-state index contributed by atoms with van der Waals surface area (Å²) in [7, 11) is 1.46. The second-order valence-electron chi connectivity index (χ2n) is 7.59. The Kier molecular flexibility index (Phi) is 9.51. The van der Waals surface area contributed by atoms with Crippen LogP contribution >= 0.6 is 24.0 Å². The van der Waals surface area contributed by atoms with Gasteiger partial charge in [-0.25, -0.2) is 4.99 Å². The maximum absolute atomic E-state index is 11.8. The number of fused-ring (bicyclic) bond motifs is 1. The molecule has 0 saturated carbocycles. The van der Waals surface area contributed by atoms with Gasteiger partial charge in [0.05, 0.1) is 26.2 Å². The Balaban J connectivity index is 0.00000320. The van der Waals surface area contributed by atoms with Crippen molar-refractivity contribution in [1.82, 2.24) is 10.2 Å². The third-order valence-electron chi connectivity index (χ3n) is 5.44. The van der Waals surface area contributed by atoms with Crippen LogP contribution in [-0.2, 0) is 22.5 Å². The van der Waals surface area contributed by atoms with E-state index in [-0.39, 0.29) is 42.0 Å². The largest absolute Gasteiger partial charge is 0.494 e. The summed E-state index contributed by atoms with van der Waals surface area (Å²) in [5, 5.41) is 3.38. The highest BCUT2D eigenvalue weighted by Crippen LogP contribution is 2.35. The molecule has 7 nitrogen and oxygen atoms in total. The lowest BCUT2D eigenvalue weighted by atomic mass is 9.97. The topological polar surface area (TPSA) is 72.4 Å². The predicted octanol–water partition coefficient (Wildman–Crippen LogP) is 3.38. The maximum Gasteiger partial charge on any atom is 0.308 e. The van der Waals surface area contributed by atoms with Crippen LogP contribution in [0.4, 0.5) is 0 Å². The summed E-state index contributed by atoms with van der Waals surface area (Å²) in [6, 6.07) is 4.17. The number of aliphatic imine (C=N–C) groups is 1. The summed E-state index contributed by atoms with van der Waals surface area (Å²) in [6.45, 7) is 9.64. The molecule has 0 spiro atoms. The van der Waals surface area contributed by atoms with Crippen molar-refractivity contribution in [3.63, 3.8) is 0 Å². The number of esters is 1. The summed E-state index contributed by atoms with van der Waals surface area (Å²) < 4.78 is 16.7. The number of hydrogen-bond donors (Lipinski definition) is 1. The highest BCUT2D eigenvalue weighted by Gasteiger charge is 2.27. The van der Waals surface area contributed by atoms with Crippen molar-refractivity contribution in [2.75, 3.05) is 33.4 Å². The first kappa shape index (κ1) is 24.6. The van der Waals surface area contributed by atoms with Gasteiger partial charge < -0.3 is 24.4 Å². The summed E-state index contributed by atoms with van der Waals surface area (Å²) in [4.78, 5) is 18.9. The first-order valence-electron chi connectivity index (χ1n) is 10.6. The fraction of sp³-hybridized carbons (Fsp3) is 0.636. The van der Waals surface area contributed by atoms with E-state index < -0.39 is 0 Å². The van der Waals surface area contributed by atoms with Crippen molar-refractivity contribution in [3.05, 3.63) is 23.3 Å². The molecule has 1 unspecified atom stereocenters. The lowest BCUT2D eigenvalue weighted by Gasteiger charge is -2.33. The number of nitrogens with one attached hydrogen (secondary N) is 1. The number of methoxy groups -OCH3 is 1. The van der Waals surface area contributed by atoms with Crippen molar-refractivity contribution in [3.8, 4) is 11.5 Å². The van der Waals surface area contributed by atoms with E-state index in [4.69, 9.17) is 19.2 Å². The zero-order valence-electron chi connectivity index (χ0n) is 18.4. The molecule has 2 heterocycles. The van der Waals surface area contributed by atoms with Crippen LogP contribution < -0.4 is 14.8 Å². The second-order valence-corrected chi connectivity index (χ2v) is 7.59. The van der Waals surface area contributed by atoms with Crippen LogP contribution in [0.15, 0.2) is 17.1 Å². The average Bonchev–Trinajstić information content (AvgIpc) is 3.09. The quantitative estimate of drug-likeness (QED) is 0.263. The summed E-state index contributed by atoms with van der Waals surface area (Å²) >= 11 is 0. The van der Waals surface area contributed by atoms with Gasteiger partial charge in [0, 0.05) is 37.2 Å². The number of ether oxygens (including phenoxy) is 3. The van der Waals surface area contributed by atoms with Crippen molar-refractivity contribution < 1.29 is 19.0 Å². The van der Waals surface area contributed by atoms with E-state index in [1.165, 1.54) is 12.7 Å². The predicted molar refractivity (Wildman–Crippen MR) is 128 cm³/mol. The van der Waals surface area contributed by atoms with Gasteiger partial charge in [-0.05, 0) is 45.7 Å². The normalized spacial score (nSPS) is 18.9. The van der Waals surface area contributed by atoms with Crippen molar-refractivity contribution in [2.24, 2.45) is 10.9 Å². The number of halogens is 1. The molecule has 2 aliphatic heterocycles. The summed E-state index contributed by atoms with van der Waals surface area (Å²) in [5.41, 5.74) is 2.23. The molecule has 1 aromatic carbocycles. The summed E-state index contributed by atoms with van der Waals surface area (Å²) in [6.07, 6.45) is 2.68. The molecule has 30 heavy (non-hydrogen) atoms. The molecule has 0 bridgehead atoms. The number of piperidine rings is 1.